The summed E-state index contributed by atoms with van der Waals surface area (Å²) in [4.78, 5) is 42.5. The lowest BCUT2D eigenvalue weighted by Crippen LogP contribution is -2.50. The molecule has 26 heavy (non-hydrogen) atoms. The van der Waals surface area contributed by atoms with Gasteiger partial charge in [-0.05, 0) is 12.8 Å². The number of carbonyl (C=O) groups is 2. The number of rotatable bonds is 6. The number of hydrogen-bond donors (Lipinski definition) is 0. The van der Waals surface area contributed by atoms with Crippen LogP contribution < -0.4 is 0 Å². The van der Waals surface area contributed by atoms with Crippen molar-refractivity contribution in [3.8, 4) is 0 Å². The van der Waals surface area contributed by atoms with Crippen molar-refractivity contribution in [3.63, 3.8) is 0 Å². The van der Waals surface area contributed by atoms with E-state index >= 15 is 0 Å². The molecule has 0 unspecified atom stereocenters. The van der Waals surface area contributed by atoms with Gasteiger partial charge < -0.3 is 14.2 Å². The highest BCUT2D eigenvalue weighted by atomic mass is 16.5. The predicted octanol–water partition coefficient (Wildman–Crippen LogP) is 0.432. The maximum Gasteiger partial charge on any atom is 0.305 e. The van der Waals surface area contributed by atoms with Crippen LogP contribution in [0.4, 0.5) is 0 Å². The Labute approximate surface area is 152 Å². The average Bonchev–Trinajstić information content (AvgIpc) is 3.13. The van der Waals surface area contributed by atoms with E-state index in [1.807, 2.05) is 4.90 Å². The van der Waals surface area contributed by atoms with Crippen molar-refractivity contribution in [3.05, 3.63) is 23.1 Å². The number of nitrogens with zero attached hydrogens (tertiary/aromatic N) is 5. The lowest BCUT2D eigenvalue weighted by Gasteiger charge is -2.40. The SMILES string of the molecule is O=NC(=O)Cn1ccnc1CCC(=O)N1CCC(N2CCOCC2)CC1. The number of nitroso groups, excluding NO2 is 1. The molecular formula is C17H25N5O4. The van der Waals surface area contributed by atoms with Gasteiger partial charge >= 0.3 is 5.91 Å². The lowest BCUT2D eigenvalue weighted by atomic mass is 10.0. The third kappa shape index (κ3) is 4.73. The van der Waals surface area contributed by atoms with Gasteiger partial charge in [-0.2, -0.15) is 0 Å². The molecule has 142 valence electrons. The van der Waals surface area contributed by atoms with E-state index in [9.17, 15) is 14.5 Å². The normalized spacial score (nSPS) is 19.5. The first-order valence-electron chi connectivity index (χ1n) is 9.13. The predicted molar refractivity (Wildman–Crippen MR) is 93.3 cm³/mol. The van der Waals surface area contributed by atoms with Gasteiger partial charge in [-0.1, -0.05) is 0 Å². The zero-order chi connectivity index (χ0) is 18.4. The Balaban J connectivity index is 1.44. The van der Waals surface area contributed by atoms with Crippen molar-refractivity contribution >= 4 is 11.8 Å². The Kier molecular flexibility index (Phi) is 6.45. The maximum atomic E-state index is 12.5. The average molecular weight is 363 g/mol. The minimum Gasteiger partial charge on any atom is -0.379 e. The third-order valence-electron chi connectivity index (χ3n) is 5.15. The minimum absolute atomic E-state index is 0.111. The van der Waals surface area contributed by atoms with Crippen LogP contribution in [0.3, 0.4) is 0 Å². The van der Waals surface area contributed by atoms with Crippen LogP contribution in [0.1, 0.15) is 25.1 Å². The molecule has 2 aliphatic heterocycles. The van der Waals surface area contributed by atoms with E-state index in [1.54, 1.807) is 17.0 Å². The number of imidazole rings is 1. The summed E-state index contributed by atoms with van der Waals surface area (Å²) in [6, 6.07) is 0.545. The molecule has 0 bridgehead atoms. The van der Waals surface area contributed by atoms with Crippen LogP contribution in [0.2, 0.25) is 0 Å². The monoisotopic (exact) mass is 363 g/mol. The Hall–Kier alpha value is -2.13. The second kappa shape index (κ2) is 9.00. The van der Waals surface area contributed by atoms with Crippen molar-refractivity contribution in [1.29, 1.82) is 0 Å². The Bertz CT molecular complexity index is 633. The molecule has 0 spiro atoms. The van der Waals surface area contributed by atoms with Crippen molar-refractivity contribution in [1.82, 2.24) is 19.4 Å². The highest BCUT2D eigenvalue weighted by molar-refractivity contribution is 5.77. The first-order chi connectivity index (χ1) is 12.7. The Morgan fingerprint density at radius 3 is 2.62 bits per heavy atom. The number of aromatic nitrogens is 2. The molecule has 2 fully saturated rings. The molecule has 0 saturated carbocycles. The van der Waals surface area contributed by atoms with Gasteiger partial charge in [-0.15, -0.1) is 4.91 Å². The van der Waals surface area contributed by atoms with E-state index in [-0.39, 0.29) is 12.5 Å². The van der Waals surface area contributed by atoms with Crippen LogP contribution in [0.25, 0.3) is 0 Å². The third-order valence-corrected chi connectivity index (χ3v) is 5.15. The van der Waals surface area contributed by atoms with Gasteiger partial charge in [0.05, 0.1) is 13.2 Å². The number of likely N-dealkylation sites (tertiary alicyclic amines) is 1. The summed E-state index contributed by atoms with van der Waals surface area (Å²) in [6.45, 7) is 5.00. The molecule has 0 atom stereocenters. The van der Waals surface area contributed by atoms with Crippen LogP contribution >= 0.6 is 0 Å². The molecule has 9 nitrogen and oxygen atoms in total. The molecule has 0 radical (unpaired) electrons. The molecule has 2 aliphatic rings. The molecule has 0 aliphatic carbocycles. The summed E-state index contributed by atoms with van der Waals surface area (Å²) < 4.78 is 6.97. The van der Waals surface area contributed by atoms with Gasteiger partial charge in [-0.25, -0.2) is 4.98 Å². The molecular weight excluding hydrogens is 338 g/mol. The summed E-state index contributed by atoms with van der Waals surface area (Å²) in [6.07, 6.45) is 5.98. The van der Waals surface area contributed by atoms with Crippen LogP contribution in [-0.4, -0.2) is 76.6 Å². The number of amides is 2. The van der Waals surface area contributed by atoms with Gasteiger partial charge in [-0.3, -0.25) is 14.5 Å². The van der Waals surface area contributed by atoms with Gasteiger partial charge in [0.1, 0.15) is 12.4 Å². The summed E-state index contributed by atoms with van der Waals surface area (Å²) in [5, 5.41) is 2.39. The van der Waals surface area contributed by atoms with Crippen LogP contribution in [0.15, 0.2) is 17.6 Å². The standard InChI is InChI=1S/C17H25N5O4/c23-16(19-25)13-22-8-5-18-15(22)1-2-17(24)21-6-3-14(4-7-21)20-9-11-26-12-10-20/h5,8,14H,1-4,6-7,9-13H2. The molecule has 0 N–H and O–H groups in total. The quantitative estimate of drug-likeness (QED) is 0.680. The van der Waals surface area contributed by atoms with E-state index in [1.165, 1.54) is 0 Å². The van der Waals surface area contributed by atoms with E-state index < -0.39 is 5.91 Å². The van der Waals surface area contributed by atoms with E-state index in [0.717, 1.165) is 52.2 Å². The lowest BCUT2D eigenvalue weighted by molar-refractivity contribution is -0.133. The van der Waals surface area contributed by atoms with E-state index in [2.05, 4.69) is 15.1 Å². The highest BCUT2D eigenvalue weighted by Crippen LogP contribution is 2.18. The number of carbonyl (C=O) groups excluding carboxylic acids is 2. The number of hydrogen-bond acceptors (Lipinski definition) is 6. The number of morpholine rings is 1. The fourth-order valence-corrected chi connectivity index (χ4v) is 3.69. The molecule has 0 aromatic carbocycles. The van der Waals surface area contributed by atoms with Gasteiger partial charge in [0, 0.05) is 62.6 Å². The Morgan fingerprint density at radius 2 is 1.92 bits per heavy atom. The van der Waals surface area contributed by atoms with E-state index in [4.69, 9.17) is 4.74 Å². The molecule has 3 rings (SSSR count). The second-order valence-corrected chi connectivity index (χ2v) is 6.72. The summed E-state index contributed by atoms with van der Waals surface area (Å²) in [5.74, 6) is -0.0147. The number of ether oxygens (including phenoxy) is 1. The molecule has 2 saturated heterocycles. The minimum atomic E-state index is -0.749. The van der Waals surface area contributed by atoms with Crippen molar-refractivity contribution < 1.29 is 14.3 Å². The number of piperidine rings is 1. The molecule has 1 aromatic rings. The largest absolute Gasteiger partial charge is 0.379 e. The molecule has 3 heterocycles. The zero-order valence-corrected chi connectivity index (χ0v) is 14.9. The van der Waals surface area contributed by atoms with Gasteiger partial charge in [0.2, 0.25) is 5.91 Å². The van der Waals surface area contributed by atoms with Crippen LogP contribution in [0, 0.1) is 4.91 Å². The van der Waals surface area contributed by atoms with Crippen molar-refractivity contribution in [2.75, 3.05) is 39.4 Å². The Morgan fingerprint density at radius 1 is 1.19 bits per heavy atom. The smallest absolute Gasteiger partial charge is 0.305 e. The van der Waals surface area contributed by atoms with Gasteiger partial charge in [0.15, 0.2) is 0 Å². The fraction of sp³-hybridized carbons (Fsp3) is 0.706. The topological polar surface area (TPSA) is 97.1 Å². The summed E-state index contributed by atoms with van der Waals surface area (Å²) >= 11 is 0. The second-order valence-electron chi connectivity index (χ2n) is 6.72. The zero-order valence-electron chi connectivity index (χ0n) is 14.9. The first-order valence-corrected chi connectivity index (χ1v) is 9.13. The fourth-order valence-electron chi connectivity index (χ4n) is 3.69. The number of aryl methyl sites for hydroxylation is 1. The molecule has 9 heteroatoms. The first kappa shape index (κ1) is 18.7. The van der Waals surface area contributed by atoms with Gasteiger partial charge in [0.25, 0.3) is 0 Å². The summed E-state index contributed by atoms with van der Waals surface area (Å²) in [7, 11) is 0. The molecule has 1 aromatic heterocycles. The van der Waals surface area contributed by atoms with Crippen LogP contribution in [-0.2, 0) is 27.3 Å². The maximum absolute atomic E-state index is 12.5. The highest BCUT2D eigenvalue weighted by Gasteiger charge is 2.27. The van der Waals surface area contributed by atoms with Crippen LogP contribution in [0.5, 0.6) is 0 Å². The van der Waals surface area contributed by atoms with E-state index in [0.29, 0.717) is 24.7 Å². The van der Waals surface area contributed by atoms with Crippen molar-refractivity contribution in [2.45, 2.75) is 38.3 Å². The molecule has 2 amide bonds. The van der Waals surface area contributed by atoms with Crippen molar-refractivity contribution in [2.24, 2.45) is 5.18 Å². The summed E-state index contributed by atoms with van der Waals surface area (Å²) in [5.41, 5.74) is 0.